The van der Waals surface area contributed by atoms with Crippen LogP contribution in [0.5, 0.6) is 0 Å². The Morgan fingerprint density at radius 3 is 2.86 bits per heavy atom. The Hall–Kier alpha value is -2.17. The lowest BCUT2D eigenvalue weighted by Gasteiger charge is -2.18. The molecule has 5 nitrogen and oxygen atoms in total. The molecule has 1 aliphatic heterocycles. The number of aromatic nitrogens is 2. The Morgan fingerprint density at radius 2 is 2.14 bits per heavy atom. The molecule has 1 saturated heterocycles. The highest BCUT2D eigenvalue weighted by Gasteiger charge is 2.25. The number of fused-ring (bicyclic) bond motifs is 1. The summed E-state index contributed by atoms with van der Waals surface area (Å²) in [7, 11) is 0. The van der Waals surface area contributed by atoms with Crippen LogP contribution in [-0.2, 0) is 11.3 Å². The van der Waals surface area contributed by atoms with Gasteiger partial charge in [0, 0.05) is 13.1 Å². The van der Waals surface area contributed by atoms with E-state index in [9.17, 15) is 9.59 Å². The van der Waals surface area contributed by atoms with Crippen molar-refractivity contribution in [3.05, 3.63) is 40.4 Å². The molecule has 0 N–H and O–H groups in total. The van der Waals surface area contributed by atoms with Crippen molar-refractivity contribution < 1.29 is 4.79 Å². The lowest BCUT2D eigenvalue weighted by Crippen LogP contribution is -2.36. The average molecular weight is 299 g/mol. The molecule has 0 aliphatic carbocycles. The number of hydrogen-bond donors (Lipinski definition) is 0. The number of carbonyl (C=O) groups excluding carboxylic acids is 1. The van der Waals surface area contributed by atoms with Crippen LogP contribution >= 0.6 is 0 Å². The first-order chi connectivity index (χ1) is 10.6. The van der Waals surface area contributed by atoms with E-state index in [4.69, 9.17) is 0 Å². The number of nitrogens with zero attached hydrogens (tertiary/aromatic N) is 3. The minimum Gasteiger partial charge on any atom is -0.341 e. The molecule has 1 atom stereocenters. The summed E-state index contributed by atoms with van der Waals surface area (Å²) in [4.78, 5) is 31.3. The van der Waals surface area contributed by atoms with Gasteiger partial charge in [-0.3, -0.25) is 14.2 Å². The molecule has 1 fully saturated rings. The lowest BCUT2D eigenvalue weighted by atomic mass is 10.1. The van der Waals surface area contributed by atoms with Crippen LogP contribution in [0.15, 0.2) is 29.1 Å². The monoisotopic (exact) mass is 299 g/mol. The maximum Gasteiger partial charge on any atom is 0.261 e. The number of benzene rings is 1. The van der Waals surface area contributed by atoms with Crippen LogP contribution in [0, 0.1) is 12.8 Å². The lowest BCUT2D eigenvalue weighted by molar-refractivity contribution is -0.131. The molecule has 0 spiro atoms. The van der Waals surface area contributed by atoms with Crippen LogP contribution in [-0.4, -0.2) is 33.4 Å². The molecule has 5 heteroatoms. The molecule has 116 valence electrons. The van der Waals surface area contributed by atoms with Gasteiger partial charge in [-0.25, -0.2) is 4.98 Å². The Morgan fingerprint density at radius 1 is 1.36 bits per heavy atom. The molecule has 2 heterocycles. The topological polar surface area (TPSA) is 55.2 Å². The van der Waals surface area contributed by atoms with Crippen LogP contribution in [0.25, 0.3) is 10.9 Å². The molecule has 0 bridgehead atoms. The van der Waals surface area contributed by atoms with Crippen LogP contribution < -0.4 is 5.56 Å². The van der Waals surface area contributed by atoms with E-state index in [0.29, 0.717) is 22.6 Å². The van der Waals surface area contributed by atoms with Gasteiger partial charge in [0.15, 0.2) is 0 Å². The maximum absolute atomic E-state index is 12.6. The van der Waals surface area contributed by atoms with E-state index < -0.39 is 0 Å². The van der Waals surface area contributed by atoms with E-state index in [2.05, 4.69) is 11.9 Å². The molecule has 1 aromatic carbocycles. The van der Waals surface area contributed by atoms with E-state index >= 15 is 0 Å². The predicted octanol–water partition coefficient (Wildman–Crippen LogP) is 1.96. The molecule has 3 rings (SSSR count). The largest absolute Gasteiger partial charge is 0.341 e. The van der Waals surface area contributed by atoms with Crippen molar-refractivity contribution >= 4 is 16.8 Å². The number of para-hydroxylation sites is 1. The van der Waals surface area contributed by atoms with Crippen molar-refractivity contribution in [1.29, 1.82) is 0 Å². The van der Waals surface area contributed by atoms with Crippen molar-refractivity contribution in [2.45, 2.75) is 33.2 Å². The van der Waals surface area contributed by atoms with Gasteiger partial charge in [-0.1, -0.05) is 25.5 Å². The molecular formula is C17H21N3O2. The number of amides is 1. The SMILES string of the molecule is CC[C@H]1CCN(C(=O)Cn2c(C)nc3ccccc3c2=O)C1. The van der Waals surface area contributed by atoms with Gasteiger partial charge in [0.05, 0.1) is 10.9 Å². The van der Waals surface area contributed by atoms with Crippen molar-refractivity contribution in [1.82, 2.24) is 14.5 Å². The maximum atomic E-state index is 12.6. The Balaban J connectivity index is 1.88. The summed E-state index contributed by atoms with van der Waals surface area (Å²) < 4.78 is 1.49. The second-order valence-electron chi connectivity index (χ2n) is 5.97. The van der Waals surface area contributed by atoms with E-state index in [1.54, 1.807) is 13.0 Å². The van der Waals surface area contributed by atoms with Gasteiger partial charge in [-0.05, 0) is 31.4 Å². The summed E-state index contributed by atoms with van der Waals surface area (Å²) in [6, 6.07) is 7.26. The van der Waals surface area contributed by atoms with Gasteiger partial charge in [-0.2, -0.15) is 0 Å². The van der Waals surface area contributed by atoms with Gasteiger partial charge in [0.2, 0.25) is 5.91 Å². The molecule has 22 heavy (non-hydrogen) atoms. The third-order valence-electron chi connectivity index (χ3n) is 4.56. The van der Waals surface area contributed by atoms with Crippen LogP contribution in [0.3, 0.4) is 0 Å². The first-order valence-electron chi connectivity index (χ1n) is 7.84. The second-order valence-corrected chi connectivity index (χ2v) is 5.97. The minimum atomic E-state index is -0.136. The Kier molecular flexibility index (Phi) is 3.96. The summed E-state index contributed by atoms with van der Waals surface area (Å²) in [5, 5.41) is 0.564. The number of likely N-dealkylation sites (tertiary alicyclic amines) is 1. The van der Waals surface area contributed by atoms with Crippen LogP contribution in [0.1, 0.15) is 25.6 Å². The third-order valence-corrected chi connectivity index (χ3v) is 4.56. The van der Waals surface area contributed by atoms with E-state index in [-0.39, 0.29) is 18.0 Å². The van der Waals surface area contributed by atoms with Gasteiger partial charge >= 0.3 is 0 Å². The van der Waals surface area contributed by atoms with Crippen LogP contribution in [0.2, 0.25) is 0 Å². The molecule has 1 amide bonds. The summed E-state index contributed by atoms with van der Waals surface area (Å²) in [6.07, 6.45) is 2.16. The normalized spacial score (nSPS) is 18.1. The predicted molar refractivity (Wildman–Crippen MR) is 85.7 cm³/mol. The van der Waals surface area contributed by atoms with Gasteiger partial charge in [0.1, 0.15) is 12.4 Å². The van der Waals surface area contributed by atoms with E-state index in [1.165, 1.54) is 4.57 Å². The third kappa shape index (κ3) is 2.63. The fourth-order valence-corrected chi connectivity index (χ4v) is 3.09. The summed E-state index contributed by atoms with van der Waals surface area (Å²) in [5.41, 5.74) is 0.545. The standard InChI is InChI=1S/C17H21N3O2/c1-3-13-8-9-19(10-13)16(21)11-20-12(2)18-15-7-5-4-6-14(15)17(20)22/h4-7,13H,3,8-11H2,1-2H3/t13-/m0/s1. The molecule has 1 aromatic heterocycles. The van der Waals surface area contributed by atoms with Crippen molar-refractivity contribution in [3.63, 3.8) is 0 Å². The Labute approximate surface area is 129 Å². The quantitative estimate of drug-likeness (QED) is 0.870. The zero-order valence-electron chi connectivity index (χ0n) is 13.1. The minimum absolute atomic E-state index is 0.0123. The van der Waals surface area contributed by atoms with Gasteiger partial charge in [0.25, 0.3) is 5.56 Å². The molecule has 2 aromatic rings. The fraction of sp³-hybridized carbons (Fsp3) is 0.471. The van der Waals surface area contributed by atoms with E-state index in [1.807, 2.05) is 23.1 Å². The smallest absolute Gasteiger partial charge is 0.261 e. The van der Waals surface area contributed by atoms with Gasteiger partial charge in [-0.15, -0.1) is 0 Å². The fourth-order valence-electron chi connectivity index (χ4n) is 3.09. The Bertz CT molecular complexity index is 766. The van der Waals surface area contributed by atoms with Crippen molar-refractivity contribution in [2.75, 3.05) is 13.1 Å². The zero-order chi connectivity index (χ0) is 15.7. The van der Waals surface area contributed by atoms with Crippen molar-refractivity contribution in [2.24, 2.45) is 5.92 Å². The number of rotatable bonds is 3. The highest BCUT2D eigenvalue weighted by Crippen LogP contribution is 2.19. The van der Waals surface area contributed by atoms with Crippen LogP contribution in [0.4, 0.5) is 0 Å². The number of hydrogen-bond acceptors (Lipinski definition) is 3. The number of aryl methyl sites for hydroxylation is 1. The molecule has 0 unspecified atom stereocenters. The zero-order valence-corrected chi connectivity index (χ0v) is 13.1. The second kappa shape index (κ2) is 5.91. The molecule has 1 aliphatic rings. The molecular weight excluding hydrogens is 278 g/mol. The summed E-state index contributed by atoms with van der Waals surface area (Å²) >= 11 is 0. The van der Waals surface area contributed by atoms with Crippen molar-refractivity contribution in [3.8, 4) is 0 Å². The summed E-state index contributed by atoms with van der Waals surface area (Å²) in [5.74, 6) is 1.19. The van der Waals surface area contributed by atoms with Gasteiger partial charge < -0.3 is 4.90 Å². The molecule has 0 saturated carbocycles. The highest BCUT2D eigenvalue weighted by atomic mass is 16.2. The average Bonchev–Trinajstić information content (AvgIpc) is 3.00. The summed E-state index contributed by atoms with van der Waals surface area (Å²) in [6.45, 7) is 5.62. The number of carbonyl (C=O) groups is 1. The van der Waals surface area contributed by atoms with E-state index in [0.717, 1.165) is 25.9 Å². The first-order valence-corrected chi connectivity index (χ1v) is 7.84. The highest BCUT2D eigenvalue weighted by molar-refractivity contribution is 5.79. The molecule has 0 radical (unpaired) electrons. The first kappa shape index (κ1) is 14.8.